The van der Waals surface area contributed by atoms with Crippen molar-refractivity contribution < 1.29 is 13.6 Å². The molecule has 9 heteroatoms. The third-order valence-corrected chi connectivity index (χ3v) is 5.85. The summed E-state index contributed by atoms with van der Waals surface area (Å²) < 4.78 is 24.2. The van der Waals surface area contributed by atoms with Crippen molar-refractivity contribution in [3.63, 3.8) is 0 Å². The fourth-order valence-corrected chi connectivity index (χ4v) is 3.76. The molecule has 0 saturated heterocycles. The lowest BCUT2D eigenvalue weighted by Gasteiger charge is -2.08. The number of pyridine rings is 1. The van der Waals surface area contributed by atoms with Gasteiger partial charge >= 0.3 is 0 Å². The van der Waals surface area contributed by atoms with Gasteiger partial charge in [0, 0.05) is 29.6 Å². The summed E-state index contributed by atoms with van der Waals surface area (Å²) in [7, 11) is 0. The summed E-state index contributed by atoms with van der Waals surface area (Å²) in [6.45, 7) is 1.99. The standard InChI is InChI=1S/C21H19N5O3S/c1-13-2-3-14(21(27)24-16-4-5-16)8-18(13)15-9-23-26(11-15)20-10-22-19-7-6-17(30(28)29)12-25(19)20/h2-3,6-12,16H,4-5H2,1H3,(H,24,27)(H,28,29). The quantitative estimate of drug-likeness (QED) is 0.483. The molecule has 2 N–H and O–H groups in total. The number of carbonyl (C=O) groups excluding carboxylic acids is 1. The van der Waals surface area contributed by atoms with Crippen LogP contribution in [0.4, 0.5) is 0 Å². The molecule has 0 aliphatic heterocycles. The SMILES string of the molecule is Cc1ccc(C(=O)NC2CC2)cc1-c1cnn(-c2cnc3ccc(S(=O)O)cn23)c1. The van der Waals surface area contributed by atoms with E-state index in [1.165, 1.54) is 0 Å². The summed E-state index contributed by atoms with van der Waals surface area (Å²) in [5, 5.41) is 7.46. The minimum atomic E-state index is -2.08. The number of carbonyl (C=O) groups is 1. The highest BCUT2D eigenvalue weighted by Gasteiger charge is 2.24. The van der Waals surface area contributed by atoms with Gasteiger partial charge in [0.25, 0.3) is 5.91 Å². The van der Waals surface area contributed by atoms with Crippen LogP contribution in [0, 0.1) is 6.92 Å². The van der Waals surface area contributed by atoms with Gasteiger partial charge < -0.3 is 9.87 Å². The second-order valence-corrected chi connectivity index (χ2v) is 8.38. The smallest absolute Gasteiger partial charge is 0.251 e. The molecule has 4 aromatic rings. The van der Waals surface area contributed by atoms with Crippen LogP contribution in [0.15, 0.2) is 60.0 Å². The van der Waals surface area contributed by atoms with Crippen LogP contribution in [0.5, 0.6) is 0 Å². The molecule has 0 bridgehead atoms. The maximum Gasteiger partial charge on any atom is 0.251 e. The highest BCUT2D eigenvalue weighted by molar-refractivity contribution is 7.79. The van der Waals surface area contributed by atoms with Crippen LogP contribution >= 0.6 is 0 Å². The number of hydrogen-bond donors (Lipinski definition) is 2. The lowest BCUT2D eigenvalue weighted by Crippen LogP contribution is -2.25. The zero-order chi connectivity index (χ0) is 20.8. The van der Waals surface area contributed by atoms with Crippen molar-refractivity contribution in [3.8, 4) is 16.9 Å². The van der Waals surface area contributed by atoms with Gasteiger partial charge in [0.15, 0.2) is 16.9 Å². The molecule has 1 saturated carbocycles. The van der Waals surface area contributed by atoms with Crippen molar-refractivity contribution in [3.05, 3.63) is 66.2 Å². The molecule has 1 aliphatic rings. The Morgan fingerprint density at radius 3 is 2.80 bits per heavy atom. The van der Waals surface area contributed by atoms with E-state index in [0.717, 1.165) is 29.5 Å². The molecule has 1 atom stereocenters. The van der Waals surface area contributed by atoms with Gasteiger partial charge in [-0.15, -0.1) is 0 Å². The van der Waals surface area contributed by atoms with E-state index in [1.807, 2.05) is 31.3 Å². The zero-order valence-electron chi connectivity index (χ0n) is 16.1. The van der Waals surface area contributed by atoms with Crippen LogP contribution in [0.1, 0.15) is 28.8 Å². The summed E-state index contributed by atoms with van der Waals surface area (Å²) in [4.78, 5) is 17.0. The monoisotopic (exact) mass is 421 g/mol. The first-order valence-corrected chi connectivity index (χ1v) is 10.7. The molecule has 3 heterocycles. The highest BCUT2D eigenvalue weighted by Crippen LogP contribution is 2.26. The number of amides is 1. The molecule has 8 nitrogen and oxygen atoms in total. The van der Waals surface area contributed by atoms with Crippen molar-refractivity contribution in [2.24, 2.45) is 0 Å². The summed E-state index contributed by atoms with van der Waals surface area (Å²) in [6, 6.07) is 9.21. The van der Waals surface area contributed by atoms with Crippen molar-refractivity contribution in [1.29, 1.82) is 0 Å². The van der Waals surface area contributed by atoms with E-state index in [2.05, 4.69) is 15.4 Å². The van der Waals surface area contributed by atoms with Crippen molar-refractivity contribution in [1.82, 2.24) is 24.5 Å². The molecule has 30 heavy (non-hydrogen) atoms. The first kappa shape index (κ1) is 18.7. The van der Waals surface area contributed by atoms with Crippen LogP contribution in [-0.4, -0.2) is 39.9 Å². The van der Waals surface area contributed by atoms with Gasteiger partial charge in [-0.25, -0.2) is 13.9 Å². The number of aromatic nitrogens is 4. The summed E-state index contributed by atoms with van der Waals surface area (Å²) in [5.74, 6) is 0.585. The third kappa shape index (κ3) is 3.42. The molecule has 1 aromatic carbocycles. The Bertz CT molecular complexity index is 1310. The average Bonchev–Trinajstić information content (AvgIpc) is 3.25. The van der Waals surface area contributed by atoms with Crippen molar-refractivity contribution >= 4 is 22.6 Å². The minimum Gasteiger partial charge on any atom is -0.349 e. The largest absolute Gasteiger partial charge is 0.349 e. The van der Waals surface area contributed by atoms with E-state index in [1.54, 1.807) is 39.8 Å². The predicted molar refractivity (Wildman–Crippen MR) is 112 cm³/mol. The zero-order valence-corrected chi connectivity index (χ0v) is 17.0. The summed E-state index contributed by atoms with van der Waals surface area (Å²) in [6.07, 6.45) is 8.91. The number of benzene rings is 1. The number of nitrogens with zero attached hydrogens (tertiary/aromatic N) is 4. The maximum atomic E-state index is 12.4. The topological polar surface area (TPSA) is 102 Å². The van der Waals surface area contributed by atoms with Crippen LogP contribution in [0.25, 0.3) is 22.6 Å². The van der Waals surface area contributed by atoms with Crippen molar-refractivity contribution in [2.75, 3.05) is 0 Å². The molecule has 1 amide bonds. The molecule has 1 fully saturated rings. The number of hydrogen-bond acceptors (Lipinski definition) is 4. The summed E-state index contributed by atoms with van der Waals surface area (Å²) in [5.41, 5.74) is 4.10. The Balaban J connectivity index is 1.51. The number of fused-ring (bicyclic) bond motifs is 1. The fourth-order valence-electron chi connectivity index (χ4n) is 3.38. The van der Waals surface area contributed by atoms with E-state index in [0.29, 0.717) is 23.1 Å². The van der Waals surface area contributed by atoms with Crippen molar-refractivity contribution in [2.45, 2.75) is 30.7 Å². The minimum absolute atomic E-state index is 0.0579. The number of aryl methyl sites for hydroxylation is 1. The normalized spacial score (nSPS) is 14.7. The molecular weight excluding hydrogens is 402 g/mol. The molecular formula is C21H19N5O3S. The molecule has 0 spiro atoms. The molecule has 1 aliphatic carbocycles. The van der Waals surface area contributed by atoms with Gasteiger partial charge in [0.1, 0.15) is 5.65 Å². The van der Waals surface area contributed by atoms with Crippen LogP contribution < -0.4 is 5.32 Å². The van der Waals surface area contributed by atoms with Gasteiger partial charge in [-0.2, -0.15) is 5.10 Å². The van der Waals surface area contributed by atoms with Gasteiger partial charge in [0.2, 0.25) is 0 Å². The van der Waals surface area contributed by atoms with Gasteiger partial charge in [-0.05, 0) is 55.2 Å². The van der Waals surface area contributed by atoms with Gasteiger partial charge in [0.05, 0.1) is 17.3 Å². The molecule has 0 radical (unpaired) electrons. The third-order valence-electron chi connectivity index (χ3n) is 5.20. The Morgan fingerprint density at radius 2 is 2.03 bits per heavy atom. The first-order valence-electron chi connectivity index (χ1n) is 9.54. The number of imidazole rings is 1. The Morgan fingerprint density at radius 1 is 1.20 bits per heavy atom. The molecule has 3 aromatic heterocycles. The summed E-state index contributed by atoms with van der Waals surface area (Å²) >= 11 is -2.08. The van der Waals surface area contributed by atoms with Gasteiger partial charge in [-0.3, -0.25) is 9.20 Å². The van der Waals surface area contributed by atoms with E-state index >= 15 is 0 Å². The molecule has 1 unspecified atom stereocenters. The Kier molecular flexibility index (Phi) is 4.48. The van der Waals surface area contributed by atoms with Crippen LogP contribution in [0.2, 0.25) is 0 Å². The van der Waals surface area contributed by atoms with E-state index in [-0.39, 0.29) is 10.8 Å². The maximum absolute atomic E-state index is 12.4. The second-order valence-electron chi connectivity index (χ2n) is 7.41. The second kappa shape index (κ2) is 7.19. The number of rotatable bonds is 5. The van der Waals surface area contributed by atoms with Crippen LogP contribution in [-0.2, 0) is 11.1 Å². The average molecular weight is 421 g/mol. The fraction of sp³-hybridized carbons (Fsp3) is 0.190. The number of nitrogens with one attached hydrogen (secondary N) is 1. The Labute approximate surface area is 174 Å². The van der Waals surface area contributed by atoms with E-state index in [9.17, 15) is 13.6 Å². The van der Waals surface area contributed by atoms with E-state index in [4.69, 9.17) is 0 Å². The Hall–Kier alpha value is -3.30. The highest BCUT2D eigenvalue weighted by atomic mass is 32.2. The molecule has 152 valence electrons. The lowest BCUT2D eigenvalue weighted by molar-refractivity contribution is 0.0951. The lowest BCUT2D eigenvalue weighted by atomic mass is 10.0. The first-order chi connectivity index (χ1) is 14.5. The van der Waals surface area contributed by atoms with Crippen LogP contribution in [0.3, 0.4) is 0 Å². The van der Waals surface area contributed by atoms with E-state index < -0.39 is 11.1 Å². The van der Waals surface area contributed by atoms with Gasteiger partial charge in [-0.1, -0.05) is 6.07 Å². The molecule has 5 rings (SSSR count). The predicted octanol–water partition coefficient (Wildman–Crippen LogP) is 2.97.